The Balaban J connectivity index is 1.99. The van der Waals surface area contributed by atoms with Gasteiger partial charge in [0.15, 0.2) is 12.4 Å². The average Bonchev–Trinajstić information content (AvgIpc) is 2.85. The van der Waals surface area contributed by atoms with Crippen molar-refractivity contribution in [3.8, 4) is 5.75 Å². The summed E-state index contributed by atoms with van der Waals surface area (Å²) in [6, 6.07) is 7.97. The summed E-state index contributed by atoms with van der Waals surface area (Å²) < 4.78 is 10.9. The molecule has 1 atom stereocenters. The molecule has 20 heavy (non-hydrogen) atoms. The highest BCUT2D eigenvalue weighted by Gasteiger charge is 2.09. The number of ether oxygens (including phenoxy) is 1. The molecule has 2 aromatic rings. The van der Waals surface area contributed by atoms with Crippen LogP contribution in [0.5, 0.6) is 5.75 Å². The van der Waals surface area contributed by atoms with Gasteiger partial charge in [0.2, 0.25) is 0 Å². The number of aryl methyl sites for hydroxylation is 1. The van der Waals surface area contributed by atoms with Gasteiger partial charge < -0.3 is 15.0 Å². The van der Waals surface area contributed by atoms with Gasteiger partial charge in [-0.2, -0.15) is 4.98 Å². The number of hydrogen-bond acceptors (Lipinski definition) is 5. The first-order valence-corrected chi connectivity index (χ1v) is 6.96. The number of hydrogen-bond donors (Lipinski definition) is 1. The van der Waals surface area contributed by atoms with Crippen molar-refractivity contribution < 1.29 is 9.26 Å². The molecule has 0 fully saturated rings. The van der Waals surface area contributed by atoms with E-state index in [0.717, 1.165) is 36.4 Å². The van der Waals surface area contributed by atoms with Crippen molar-refractivity contribution >= 4 is 0 Å². The van der Waals surface area contributed by atoms with Crippen LogP contribution in [0.2, 0.25) is 0 Å². The Hall–Kier alpha value is -1.88. The van der Waals surface area contributed by atoms with E-state index in [0.29, 0.717) is 5.89 Å². The molecule has 0 saturated carbocycles. The summed E-state index contributed by atoms with van der Waals surface area (Å²) in [6.45, 7) is 4.34. The summed E-state index contributed by atoms with van der Waals surface area (Å²) in [7, 11) is 0. The Morgan fingerprint density at radius 3 is 2.90 bits per heavy atom. The molecule has 0 bridgehead atoms. The standard InChI is InChI=1S/C15H21N3O2/c1-3-6-14-17-15(20-18-14)10-19-13-8-5-4-7-12(13)9-11(2)16/h4-5,7-8,11H,3,6,9-10,16H2,1-2H3. The molecule has 5 nitrogen and oxygen atoms in total. The van der Waals surface area contributed by atoms with Gasteiger partial charge in [-0.15, -0.1) is 0 Å². The quantitative estimate of drug-likeness (QED) is 0.840. The molecule has 1 heterocycles. The lowest BCUT2D eigenvalue weighted by Crippen LogP contribution is -2.18. The Labute approximate surface area is 119 Å². The molecular weight excluding hydrogens is 254 g/mol. The highest BCUT2D eigenvalue weighted by Crippen LogP contribution is 2.20. The number of rotatable bonds is 7. The van der Waals surface area contributed by atoms with Gasteiger partial charge >= 0.3 is 0 Å². The molecule has 1 aromatic carbocycles. The van der Waals surface area contributed by atoms with E-state index in [-0.39, 0.29) is 12.6 Å². The maximum absolute atomic E-state index is 5.84. The summed E-state index contributed by atoms with van der Waals surface area (Å²) >= 11 is 0. The lowest BCUT2D eigenvalue weighted by Gasteiger charge is -2.11. The summed E-state index contributed by atoms with van der Waals surface area (Å²) in [4.78, 5) is 4.28. The molecule has 2 N–H and O–H groups in total. The highest BCUT2D eigenvalue weighted by molar-refractivity contribution is 5.33. The van der Waals surface area contributed by atoms with E-state index in [9.17, 15) is 0 Å². The summed E-state index contributed by atoms with van der Waals surface area (Å²) in [6.07, 6.45) is 2.60. The Bertz CT molecular complexity index is 537. The second-order valence-corrected chi connectivity index (χ2v) is 4.93. The van der Waals surface area contributed by atoms with Gasteiger partial charge in [0, 0.05) is 12.5 Å². The van der Waals surface area contributed by atoms with Crippen molar-refractivity contribution in [3.63, 3.8) is 0 Å². The molecule has 0 spiro atoms. The van der Waals surface area contributed by atoms with Crippen molar-refractivity contribution in [1.29, 1.82) is 0 Å². The third kappa shape index (κ3) is 4.06. The average molecular weight is 275 g/mol. The number of nitrogens with two attached hydrogens (primary N) is 1. The molecular formula is C15H21N3O2. The Kier molecular flexibility index (Phi) is 5.12. The van der Waals surface area contributed by atoms with Crippen molar-refractivity contribution in [2.75, 3.05) is 0 Å². The van der Waals surface area contributed by atoms with Gasteiger partial charge in [0.05, 0.1) is 0 Å². The smallest absolute Gasteiger partial charge is 0.264 e. The zero-order chi connectivity index (χ0) is 14.4. The van der Waals surface area contributed by atoms with Crippen LogP contribution in [0, 0.1) is 0 Å². The van der Waals surface area contributed by atoms with Crippen LogP contribution in [-0.4, -0.2) is 16.2 Å². The van der Waals surface area contributed by atoms with Gasteiger partial charge in [0.25, 0.3) is 5.89 Å². The zero-order valence-electron chi connectivity index (χ0n) is 12.0. The number of aromatic nitrogens is 2. The van der Waals surface area contributed by atoms with Crippen LogP contribution in [0.15, 0.2) is 28.8 Å². The van der Waals surface area contributed by atoms with E-state index in [1.165, 1.54) is 0 Å². The number of para-hydroxylation sites is 1. The second kappa shape index (κ2) is 7.05. The molecule has 1 aromatic heterocycles. The topological polar surface area (TPSA) is 74.2 Å². The summed E-state index contributed by atoms with van der Waals surface area (Å²) in [5, 5.41) is 3.90. The van der Waals surface area contributed by atoms with Gasteiger partial charge in [-0.1, -0.05) is 30.3 Å². The van der Waals surface area contributed by atoms with Crippen LogP contribution >= 0.6 is 0 Å². The highest BCUT2D eigenvalue weighted by atomic mass is 16.5. The zero-order valence-corrected chi connectivity index (χ0v) is 12.0. The molecule has 1 unspecified atom stereocenters. The first-order chi connectivity index (χ1) is 9.69. The van der Waals surface area contributed by atoms with Crippen LogP contribution in [-0.2, 0) is 19.4 Å². The normalized spacial score (nSPS) is 12.3. The molecule has 0 aliphatic carbocycles. The third-order valence-electron chi connectivity index (χ3n) is 2.85. The predicted molar refractivity (Wildman–Crippen MR) is 76.4 cm³/mol. The van der Waals surface area contributed by atoms with Gasteiger partial charge in [-0.3, -0.25) is 0 Å². The molecule has 0 saturated heterocycles. The van der Waals surface area contributed by atoms with Crippen molar-refractivity contribution in [3.05, 3.63) is 41.5 Å². The minimum absolute atomic E-state index is 0.0966. The van der Waals surface area contributed by atoms with E-state index in [1.807, 2.05) is 31.2 Å². The fourth-order valence-corrected chi connectivity index (χ4v) is 1.97. The van der Waals surface area contributed by atoms with Crippen LogP contribution in [0.1, 0.15) is 37.5 Å². The fourth-order valence-electron chi connectivity index (χ4n) is 1.97. The molecule has 0 amide bonds. The number of benzene rings is 1. The SMILES string of the molecule is CCCc1noc(COc2ccccc2CC(C)N)n1. The van der Waals surface area contributed by atoms with E-state index in [2.05, 4.69) is 17.1 Å². The summed E-state index contributed by atoms with van der Waals surface area (Å²) in [5.74, 6) is 2.05. The maximum atomic E-state index is 5.84. The Morgan fingerprint density at radius 1 is 1.35 bits per heavy atom. The first-order valence-electron chi connectivity index (χ1n) is 6.96. The van der Waals surface area contributed by atoms with E-state index < -0.39 is 0 Å². The van der Waals surface area contributed by atoms with Gasteiger partial charge in [-0.25, -0.2) is 0 Å². The van der Waals surface area contributed by atoms with Crippen molar-refractivity contribution in [1.82, 2.24) is 10.1 Å². The molecule has 108 valence electrons. The lowest BCUT2D eigenvalue weighted by atomic mass is 10.1. The maximum Gasteiger partial charge on any atom is 0.264 e. The molecule has 2 rings (SSSR count). The minimum atomic E-state index is 0.0966. The van der Waals surface area contributed by atoms with Crippen LogP contribution < -0.4 is 10.5 Å². The van der Waals surface area contributed by atoms with Crippen LogP contribution in [0.3, 0.4) is 0 Å². The lowest BCUT2D eigenvalue weighted by molar-refractivity contribution is 0.240. The Morgan fingerprint density at radius 2 is 2.15 bits per heavy atom. The molecule has 0 aliphatic heterocycles. The number of nitrogens with zero attached hydrogens (tertiary/aromatic N) is 2. The monoisotopic (exact) mass is 275 g/mol. The third-order valence-corrected chi connectivity index (χ3v) is 2.85. The fraction of sp³-hybridized carbons (Fsp3) is 0.467. The predicted octanol–water partition coefficient (Wildman–Crippen LogP) is 2.49. The van der Waals surface area contributed by atoms with Gasteiger partial charge in [0.1, 0.15) is 5.75 Å². The van der Waals surface area contributed by atoms with Crippen LogP contribution in [0.25, 0.3) is 0 Å². The molecule has 0 radical (unpaired) electrons. The molecule has 5 heteroatoms. The van der Waals surface area contributed by atoms with Crippen molar-refractivity contribution in [2.45, 2.75) is 45.8 Å². The van der Waals surface area contributed by atoms with E-state index in [1.54, 1.807) is 0 Å². The first kappa shape index (κ1) is 14.5. The minimum Gasteiger partial charge on any atom is -0.483 e. The van der Waals surface area contributed by atoms with Crippen LogP contribution in [0.4, 0.5) is 0 Å². The van der Waals surface area contributed by atoms with E-state index in [4.69, 9.17) is 15.0 Å². The summed E-state index contributed by atoms with van der Waals surface area (Å²) in [5.41, 5.74) is 6.93. The molecule has 0 aliphatic rings. The van der Waals surface area contributed by atoms with E-state index >= 15 is 0 Å². The van der Waals surface area contributed by atoms with Crippen molar-refractivity contribution in [2.24, 2.45) is 5.73 Å². The largest absolute Gasteiger partial charge is 0.483 e. The van der Waals surface area contributed by atoms with Gasteiger partial charge in [-0.05, 0) is 31.4 Å². The second-order valence-electron chi connectivity index (χ2n) is 4.93.